The van der Waals surface area contributed by atoms with E-state index in [-0.39, 0.29) is 12.0 Å². The summed E-state index contributed by atoms with van der Waals surface area (Å²) >= 11 is 3.67. The van der Waals surface area contributed by atoms with Crippen molar-refractivity contribution in [2.24, 2.45) is 0 Å². The molecule has 3 nitrogen and oxygen atoms in total. The first-order valence-corrected chi connectivity index (χ1v) is 10.4. The van der Waals surface area contributed by atoms with E-state index in [4.69, 9.17) is 0 Å². The number of hydrogen-bond donors (Lipinski definition) is 0. The summed E-state index contributed by atoms with van der Waals surface area (Å²) in [5.41, 5.74) is 3.81. The normalized spacial score (nSPS) is 16.4. The molecule has 27 heavy (non-hydrogen) atoms. The van der Waals surface area contributed by atoms with Crippen molar-refractivity contribution in [2.75, 3.05) is 13.1 Å². The van der Waals surface area contributed by atoms with Gasteiger partial charge in [-0.15, -0.1) is 0 Å². The first-order chi connectivity index (χ1) is 13.3. The van der Waals surface area contributed by atoms with Gasteiger partial charge in [-0.1, -0.05) is 46.6 Å². The number of nitrogens with zero attached hydrogens (tertiary/aromatic N) is 3. The maximum absolute atomic E-state index is 4.42. The molecule has 0 bridgehead atoms. The van der Waals surface area contributed by atoms with E-state index >= 15 is 0 Å². The van der Waals surface area contributed by atoms with E-state index < -0.39 is 0 Å². The van der Waals surface area contributed by atoms with Crippen LogP contribution in [0.4, 0.5) is 0 Å². The van der Waals surface area contributed by atoms with E-state index in [0.29, 0.717) is 0 Å². The number of aromatic nitrogens is 2. The summed E-state index contributed by atoms with van der Waals surface area (Å²) in [7, 11) is 0. The summed E-state index contributed by atoms with van der Waals surface area (Å²) in [4.78, 5) is 11.5. The largest absolute Gasteiger partial charge is 0.295 e. The number of halogens is 1. The molecule has 0 saturated carbocycles. The van der Waals surface area contributed by atoms with E-state index in [2.05, 4.69) is 67.2 Å². The second-order valence-electron chi connectivity index (χ2n) is 7.15. The second kappa shape index (κ2) is 8.77. The van der Waals surface area contributed by atoms with Crippen LogP contribution in [-0.2, 0) is 0 Å². The average Bonchev–Trinajstić information content (AvgIpc) is 2.74. The summed E-state index contributed by atoms with van der Waals surface area (Å²) in [6, 6.07) is 17.5. The Hall–Kier alpha value is -2.04. The molecule has 1 aliphatic heterocycles. The molecule has 138 valence electrons. The van der Waals surface area contributed by atoms with Gasteiger partial charge in [0.2, 0.25) is 0 Å². The maximum atomic E-state index is 4.42. The Kier molecular flexibility index (Phi) is 5.95. The highest BCUT2D eigenvalue weighted by Crippen LogP contribution is 2.42. The van der Waals surface area contributed by atoms with Crippen molar-refractivity contribution in [3.8, 4) is 0 Å². The average molecular weight is 422 g/mol. The molecule has 0 spiro atoms. The van der Waals surface area contributed by atoms with Crippen molar-refractivity contribution in [1.29, 1.82) is 0 Å². The Labute approximate surface area is 169 Å². The minimum Gasteiger partial charge on any atom is -0.295 e. The fraction of sp³-hybridized carbons (Fsp3) is 0.304. The van der Waals surface area contributed by atoms with Gasteiger partial charge in [0, 0.05) is 41.2 Å². The zero-order valence-corrected chi connectivity index (χ0v) is 16.9. The Balaban J connectivity index is 1.85. The quantitative estimate of drug-likeness (QED) is 0.536. The van der Waals surface area contributed by atoms with Gasteiger partial charge in [0.15, 0.2) is 0 Å². The number of pyridine rings is 2. The van der Waals surface area contributed by atoms with Crippen LogP contribution < -0.4 is 0 Å². The van der Waals surface area contributed by atoms with Crippen LogP contribution in [0.1, 0.15) is 47.9 Å². The molecule has 0 unspecified atom stereocenters. The number of hydrogen-bond acceptors (Lipinski definition) is 3. The number of likely N-dealkylation sites (tertiary alicyclic amines) is 1. The van der Waals surface area contributed by atoms with Gasteiger partial charge >= 0.3 is 0 Å². The molecule has 4 rings (SSSR count). The van der Waals surface area contributed by atoms with Crippen molar-refractivity contribution in [1.82, 2.24) is 14.9 Å². The third kappa shape index (κ3) is 4.28. The first-order valence-electron chi connectivity index (χ1n) is 9.62. The SMILES string of the molecule is Brc1cccc([C@H](C(c2cccnc2)c2cccnc2)N2CCCCC2)c1. The fourth-order valence-electron chi connectivity index (χ4n) is 4.18. The van der Waals surface area contributed by atoms with E-state index in [9.17, 15) is 0 Å². The second-order valence-corrected chi connectivity index (χ2v) is 8.06. The smallest absolute Gasteiger partial charge is 0.0458 e. The molecule has 1 atom stereocenters. The summed E-state index contributed by atoms with van der Waals surface area (Å²) in [5, 5.41) is 0. The van der Waals surface area contributed by atoms with Gasteiger partial charge in [-0.2, -0.15) is 0 Å². The lowest BCUT2D eigenvalue weighted by molar-refractivity contribution is 0.150. The molecule has 0 aliphatic carbocycles. The Morgan fingerprint density at radius 3 is 1.96 bits per heavy atom. The number of rotatable bonds is 5. The predicted molar refractivity (Wildman–Crippen MR) is 113 cm³/mol. The lowest BCUT2D eigenvalue weighted by atomic mass is 9.81. The maximum Gasteiger partial charge on any atom is 0.0458 e. The fourth-order valence-corrected chi connectivity index (χ4v) is 4.60. The molecule has 0 amide bonds. The molecule has 2 aromatic heterocycles. The first kappa shape index (κ1) is 18.3. The van der Waals surface area contributed by atoms with Crippen LogP contribution >= 0.6 is 15.9 Å². The minimum absolute atomic E-state index is 0.194. The van der Waals surface area contributed by atoms with Gasteiger partial charge in [0.1, 0.15) is 0 Å². The van der Waals surface area contributed by atoms with E-state index in [0.717, 1.165) is 17.6 Å². The monoisotopic (exact) mass is 421 g/mol. The lowest BCUT2D eigenvalue weighted by Crippen LogP contribution is -2.37. The van der Waals surface area contributed by atoms with Crippen LogP contribution in [0.3, 0.4) is 0 Å². The molecular weight excluding hydrogens is 398 g/mol. The highest BCUT2D eigenvalue weighted by molar-refractivity contribution is 9.10. The third-order valence-electron chi connectivity index (χ3n) is 5.38. The number of piperidine rings is 1. The van der Waals surface area contributed by atoms with Gasteiger partial charge < -0.3 is 0 Å². The Bertz CT molecular complexity index is 808. The van der Waals surface area contributed by atoms with Crippen molar-refractivity contribution in [2.45, 2.75) is 31.2 Å². The molecule has 3 heterocycles. The van der Waals surface area contributed by atoms with Crippen molar-refractivity contribution in [3.05, 3.63) is 94.5 Å². The summed E-state index contributed by atoms with van der Waals surface area (Å²) in [5.74, 6) is 0.194. The van der Waals surface area contributed by atoms with Crippen molar-refractivity contribution >= 4 is 15.9 Å². The van der Waals surface area contributed by atoms with E-state index in [1.54, 1.807) is 0 Å². The lowest BCUT2D eigenvalue weighted by Gasteiger charge is -2.40. The van der Waals surface area contributed by atoms with Gasteiger partial charge in [-0.25, -0.2) is 0 Å². The molecule has 0 radical (unpaired) electrons. The summed E-state index contributed by atoms with van der Waals surface area (Å²) in [6.45, 7) is 2.27. The molecule has 0 N–H and O–H groups in total. The zero-order chi connectivity index (χ0) is 18.5. The standard InChI is InChI=1S/C23H24BrN3/c24-21-10-4-7-18(15-21)23(27-13-2-1-3-14-27)22(19-8-5-11-25-16-19)20-9-6-12-26-17-20/h4-12,15-17,22-23H,1-3,13-14H2/t23-/m1/s1. The molecule has 4 heteroatoms. The highest BCUT2D eigenvalue weighted by Gasteiger charge is 2.32. The minimum atomic E-state index is 0.194. The van der Waals surface area contributed by atoms with Crippen molar-refractivity contribution < 1.29 is 0 Å². The van der Waals surface area contributed by atoms with Gasteiger partial charge in [-0.05, 0) is 66.9 Å². The third-order valence-corrected chi connectivity index (χ3v) is 5.87. The summed E-state index contributed by atoms with van der Waals surface area (Å²) in [6.07, 6.45) is 11.6. The molecule has 3 aromatic rings. The van der Waals surface area contributed by atoms with Gasteiger partial charge in [0.05, 0.1) is 0 Å². The molecule has 1 aliphatic rings. The van der Waals surface area contributed by atoms with Gasteiger partial charge in [0.25, 0.3) is 0 Å². The molecule has 1 fully saturated rings. The highest BCUT2D eigenvalue weighted by atomic mass is 79.9. The molecule has 1 aromatic carbocycles. The van der Waals surface area contributed by atoms with Crippen LogP contribution in [0.15, 0.2) is 77.8 Å². The molecular formula is C23H24BrN3. The van der Waals surface area contributed by atoms with Crippen LogP contribution in [0.5, 0.6) is 0 Å². The van der Waals surface area contributed by atoms with Crippen molar-refractivity contribution in [3.63, 3.8) is 0 Å². The summed E-state index contributed by atoms with van der Waals surface area (Å²) < 4.78 is 1.12. The van der Waals surface area contributed by atoms with E-state index in [1.165, 1.54) is 36.0 Å². The van der Waals surface area contributed by atoms with Crippen LogP contribution in [0.2, 0.25) is 0 Å². The number of benzene rings is 1. The zero-order valence-electron chi connectivity index (χ0n) is 15.3. The Morgan fingerprint density at radius 2 is 1.41 bits per heavy atom. The van der Waals surface area contributed by atoms with Gasteiger partial charge in [-0.3, -0.25) is 14.9 Å². The predicted octanol–water partition coefficient (Wildman–Crippen LogP) is 5.60. The van der Waals surface area contributed by atoms with E-state index in [1.807, 2.05) is 36.9 Å². The molecule has 1 saturated heterocycles. The van der Waals surface area contributed by atoms with Crippen LogP contribution in [0.25, 0.3) is 0 Å². The Morgan fingerprint density at radius 1 is 0.778 bits per heavy atom. The topological polar surface area (TPSA) is 29.0 Å². The van der Waals surface area contributed by atoms with Crippen LogP contribution in [0, 0.1) is 0 Å². The van der Waals surface area contributed by atoms with Crippen LogP contribution in [-0.4, -0.2) is 28.0 Å².